The largest absolute Gasteiger partial charge is 0.416 e. The molecule has 0 atom stereocenters. The molecule has 8 nitrogen and oxygen atoms in total. The Bertz CT molecular complexity index is 1020. The summed E-state index contributed by atoms with van der Waals surface area (Å²) in [5, 5.41) is 3.87. The molecule has 0 unspecified atom stereocenters. The van der Waals surface area contributed by atoms with Crippen molar-refractivity contribution in [1.82, 2.24) is 30.2 Å². The first-order chi connectivity index (χ1) is 14.5. The Morgan fingerprint density at radius 2 is 1.68 bits per heavy atom. The minimum absolute atomic E-state index is 0.0185. The highest BCUT2D eigenvalue weighted by atomic mass is 19.4. The number of hydrogen-bond donors (Lipinski definition) is 2. The summed E-state index contributed by atoms with van der Waals surface area (Å²) in [5.74, 6) is -0.457. The predicted molar refractivity (Wildman–Crippen MR) is 93.9 cm³/mol. The van der Waals surface area contributed by atoms with E-state index >= 15 is 0 Å². The molecule has 1 aromatic carbocycles. The smallest absolute Gasteiger partial charge is 0.282 e. The van der Waals surface area contributed by atoms with Crippen molar-refractivity contribution >= 4 is 11.7 Å². The molecule has 3 aromatic rings. The van der Waals surface area contributed by atoms with Gasteiger partial charge in [-0.05, 0) is 18.2 Å². The number of nitrogens with zero attached hydrogens (tertiary/aromatic N) is 5. The van der Waals surface area contributed by atoms with Gasteiger partial charge in [0, 0.05) is 24.2 Å². The Labute approximate surface area is 170 Å². The van der Waals surface area contributed by atoms with Gasteiger partial charge in [0.05, 0.1) is 17.7 Å². The number of alkyl halides is 6. The summed E-state index contributed by atoms with van der Waals surface area (Å²) in [7, 11) is 0. The number of hydrazine groups is 1. The number of aryl methyl sites for hydroxylation is 1. The maximum atomic E-state index is 13.0. The predicted octanol–water partition coefficient (Wildman–Crippen LogP) is 3.31. The zero-order valence-electron chi connectivity index (χ0n) is 15.4. The molecule has 0 aliphatic heterocycles. The Kier molecular flexibility index (Phi) is 6.08. The minimum Gasteiger partial charge on any atom is -0.282 e. The monoisotopic (exact) mass is 445 g/mol. The lowest BCUT2D eigenvalue weighted by molar-refractivity contribution is -0.143. The summed E-state index contributed by atoms with van der Waals surface area (Å²) in [6.45, 7) is -0.0185. The van der Waals surface area contributed by atoms with Crippen LogP contribution in [-0.2, 0) is 23.7 Å². The lowest BCUT2D eigenvalue weighted by Gasteiger charge is -2.13. The van der Waals surface area contributed by atoms with E-state index in [0.29, 0.717) is 18.0 Å². The first kappa shape index (κ1) is 22.0. The van der Waals surface area contributed by atoms with Gasteiger partial charge in [-0.15, -0.1) is 0 Å². The molecular weight excluding hydrogens is 432 g/mol. The van der Waals surface area contributed by atoms with Gasteiger partial charge in [0.2, 0.25) is 5.91 Å². The highest BCUT2D eigenvalue weighted by Crippen LogP contribution is 2.38. The number of aromatic nitrogens is 5. The van der Waals surface area contributed by atoms with Gasteiger partial charge in [-0.25, -0.2) is 15.0 Å². The summed E-state index contributed by atoms with van der Waals surface area (Å²) in [5.41, 5.74) is 1.52. The third-order valence-corrected chi connectivity index (χ3v) is 3.86. The molecule has 0 aliphatic carbocycles. The number of halogens is 6. The van der Waals surface area contributed by atoms with E-state index in [2.05, 4.69) is 30.9 Å². The van der Waals surface area contributed by atoms with E-state index in [1.54, 1.807) is 0 Å². The van der Waals surface area contributed by atoms with E-state index in [1.807, 2.05) is 0 Å². The van der Waals surface area contributed by atoms with Crippen LogP contribution in [0.15, 0.2) is 43.1 Å². The van der Waals surface area contributed by atoms with Crippen molar-refractivity contribution in [3.05, 3.63) is 54.2 Å². The van der Waals surface area contributed by atoms with Crippen LogP contribution < -0.4 is 10.9 Å². The Balaban J connectivity index is 1.69. The van der Waals surface area contributed by atoms with Crippen molar-refractivity contribution in [2.45, 2.75) is 25.3 Å². The van der Waals surface area contributed by atoms with Crippen molar-refractivity contribution in [1.29, 1.82) is 0 Å². The lowest BCUT2D eigenvalue weighted by Crippen LogP contribution is -2.30. The van der Waals surface area contributed by atoms with Crippen LogP contribution in [-0.4, -0.2) is 30.6 Å². The fourth-order valence-corrected chi connectivity index (χ4v) is 2.40. The molecule has 0 fully saturated rings. The third kappa shape index (κ3) is 5.90. The van der Waals surface area contributed by atoms with Gasteiger partial charge >= 0.3 is 12.4 Å². The van der Waals surface area contributed by atoms with Gasteiger partial charge in [0.1, 0.15) is 18.5 Å². The summed E-state index contributed by atoms with van der Waals surface area (Å²) in [6, 6.07) is 2.60. The fraction of sp³-hybridized carbons (Fsp3) is 0.235. The van der Waals surface area contributed by atoms with E-state index in [-0.39, 0.29) is 24.9 Å². The highest BCUT2D eigenvalue weighted by Gasteiger charge is 2.37. The van der Waals surface area contributed by atoms with Crippen LogP contribution in [0.2, 0.25) is 0 Å². The maximum absolute atomic E-state index is 13.0. The summed E-state index contributed by atoms with van der Waals surface area (Å²) in [4.78, 5) is 23.1. The van der Waals surface area contributed by atoms with Crippen LogP contribution in [0, 0.1) is 0 Å². The molecule has 14 heteroatoms. The molecule has 2 N–H and O–H groups in total. The third-order valence-electron chi connectivity index (χ3n) is 3.86. The van der Waals surface area contributed by atoms with E-state index in [1.165, 1.54) is 18.6 Å². The number of nitrogens with one attached hydrogen (secondary N) is 2. The zero-order valence-corrected chi connectivity index (χ0v) is 15.4. The Hall–Kier alpha value is -3.71. The number of benzene rings is 1. The maximum Gasteiger partial charge on any atom is 0.416 e. The number of anilines is 1. The number of carbonyl (C=O) groups is 1. The molecule has 164 valence electrons. The van der Waals surface area contributed by atoms with Crippen molar-refractivity contribution in [2.75, 3.05) is 5.43 Å². The van der Waals surface area contributed by atoms with Gasteiger partial charge in [0.15, 0.2) is 5.82 Å². The van der Waals surface area contributed by atoms with E-state index in [9.17, 15) is 31.1 Å². The average molecular weight is 445 g/mol. The first-order valence-corrected chi connectivity index (χ1v) is 8.52. The van der Waals surface area contributed by atoms with Gasteiger partial charge in [-0.2, -0.15) is 31.4 Å². The lowest BCUT2D eigenvalue weighted by atomic mass is 10.0. The molecule has 0 aliphatic rings. The second-order valence-electron chi connectivity index (χ2n) is 6.14. The molecule has 31 heavy (non-hydrogen) atoms. The fourth-order valence-electron chi connectivity index (χ4n) is 2.40. The van der Waals surface area contributed by atoms with Crippen molar-refractivity contribution in [3.63, 3.8) is 0 Å². The number of rotatable bonds is 6. The van der Waals surface area contributed by atoms with Gasteiger partial charge < -0.3 is 0 Å². The van der Waals surface area contributed by atoms with Crippen LogP contribution in [0.1, 0.15) is 17.5 Å². The van der Waals surface area contributed by atoms with Crippen molar-refractivity contribution in [3.8, 4) is 11.4 Å². The standard InChI is InChI=1S/C17H13F6N7O/c18-16(19,20)11-5-10(6-12(7-11)17(21,22)23)15-26-9-30(29-15)4-2-14(31)28-27-13-1-3-24-8-25-13/h1,3,5-9H,2,4H2,(H,28,31)(H,24,25,27). The summed E-state index contributed by atoms with van der Waals surface area (Å²) in [6.07, 6.45) is -6.23. The van der Waals surface area contributed by atoms with Crippen molar-refractivity contribution in [2.24, 2.45) is 0 Å². The second-order valence-corrected chi connectivity index (χ2v) is 6.14. The molecule has 3 rings (SSSR count). The molecule has 0 spiro atoms. The van der Waals surface area contributed by atoms with Gasteiger partial charge in [0.25, 0.3) is 0 Å². The Morgan fingerprint density at radius 1 is 1.00 bits per heavy atom. The van der Waals surface area contributed by atoms with Crippen LogP contribution in [0.25, 0.3) is 11.4 Å². The highest BCUT2D eigenvalue weighted by molar-refractivity contribution is 5.77. The van der Waals surface area contributed by atoms with E-state index in [0.717, 1.165) is 11.0 Å². The average Bonchev–Trinajstić information content (AvgIpc) is 3.19. The molecule has 1 amide bonds. The molecular formula is C17H13F6N7O. The summed E-state index contributed by atoms with van der Waals surface area (Å²) >= 11 is 0. The van der Waals surface area contributed by atoms with Crippen LogP contribution in [0.3, 0.4) is 0 Å². The molecule has 0 bridgehead atoms. The van der Waals surface area contributed by atoms with Gasteiger partial charge in [-0.3, -0.25) is 20.3 Å². The molecule has 0 radical (unpaired) electrons. The number of carbonyl (C=O) groups excluding carboxylic acids is 1. The molecule has 0 saturated heterocycles. The molecule has 0 saturated carbocycles. The number of hydrogen-bond acceptors (Lipinski definition) is 6. The quantitative estimate of drug-likeness (QED) is 0.447. The van der Waals surface area contributed by atoms with Crippen molar-refractivity contribution < 1.29 is 31.1 Å². The number of amides is 1. The molecule has 2 aromatic heterocycles. The minimum atomic E-state index is -4.98. The molecule has 2 heterocycles. The SMILES string of the molecule is O=C(CCn1cnc(-c2cc(C(F)(F)F)cc(C(F)(F)F)c2)n1)NNc1ccncn1. The second kappa shape index (κ2) is 8.57. The normalized spacial score (nSPS) is 11.9. The van der Waals surface area contributed by atoms with Crippen LogP contribution in [0.5, 0.6) is 0 Å². The van der Waals surface area contributed by atoms with Gasteiger partial charge in [-0.1, -0.05) is 0 Å². The van der Waals surface area contributed by atoms with E-state index < -0.39 is 35.0 Å². The summed E-state index contributed by atoms with van der Waals surface area (Å²) < 4.78 is 79.1. The topological polar surface area (TPSA) is 97.6 Å². The zero-order chi connectivity index (χ0) is 22.6. The van der Waals surface area contributed by atoms with E-state index in [4.69, 9.17) is 0 Å². The van der Waals surface area contributed by atoms with Crippen LogP contribution in [0.4, 0.5) is 32.2 Å². The Morgan fingerprint density at radius 3 is 2.26 bits per heavy atom. The first-order valence-electron chi connectivity index (χ1n) is 8.52. The van der Waals surface area contributed by atoms with Crippen LogP contribution >= 0.6 is 0 Å².